The van der Waals surface area contributed by atoms with Gasteiger partial charge in [0.25, 0.3) is 10.0 Å². The molecular weight excluding hydrogens is 336 g/mol. The molecule has 0 saturated heterocycles. The Labute approximate surface area is 118 Å². The first-order valence-corrected chi connectivity index (χ1v) is 8.19. The van der Waals surface area contributed by atoms with Crippen LogP contribution in [0.5, 0.6) is 0 Å². The maximum atomic E-state index is 12.1. The fourth-order valence-electron chi connectivity index (χ4n) is 1.38. The van der Waals surface area contributed by atoms with E-state index in [0.717, 1.165) is 14.9 Å². The smallest absolute Gasteiger partial charge is 0.262 e. The van der Waals surface area contributed by atoms with E-state index in [2.05, 4.69) is 25.6 Å². The number of hydrogen-bond acceptors (Lipinski definition) is 4. The minimum Gasteiger partial charge on any atom is -0.262 e. The Morgan fingerprint density at radius 3 is 2.61 bits per heavy atom. The number of thiophene rings is 1. The molecule has 0 bridgehead atoms. The summed E-state index contributed by atoms with van der Waals surface area (Å²) in [6.45, 7) is 3.67. The third-order valence-electron chi connectivity index (χ3n) is 2.26. The SMILES string of the molecule is Cc1ccc(S(=O)(=O)Nc2ncc(Br)cc2C)s1. The van der Waals surface area contributed by atoms with Crippen molar-refractivity contribution < 1.29 is 8.42 Å². The number of aromatic nitrogens is 1. The second kappa shape index (κ2) is 4.99. The normalized spacial score (nSPS) is 11.5. The number of anilines is 1. The van der Waals surface area contributed by atoms with Crippen molar-refractivity contribution in [2.75, 3.05) is 4.72 Å². The summed E-state index contributed by atoms with van der Waals surface area (Å²) in [6, 6.07) is 5.18. The maximum Gasteiger partial charge on any atom is 0.272 e. The van der Waals surface area contributed by atoms with E-state index < -0.39 is 10.0 Å². The largest absolute Gasteiger partial charge is 0.272 e. The first-order chi connectivity index (χ1) is 8.38. The summed E-state index contributed by atoms with van der Waals surface area (Å²) < 4.78 is 27.8. The topological polar surface area (TPSA) is 59.1 Å². The molecule has 0 aromatic carbocycles. The van der Waals surface area contributed by atoms with Gasteiger partial charge in [0.2, 0.25) is 0 Å². The molecule has 0 fully saturated rings. The number of sulfonamides is 1. The molecule has 4 nitrogen and oxygen atoms in total. The highest BCUT2D eigenvalue weighted by molar-refractivity contribution is 9.10. The van der Waals surface area contributed by atoms with Crippen LogP contribution in [0.1, 0.15) is 10.4 Å². The molecule has 1 N–H and O–H groups in total. The summed E-state index contributed by atoms with van der Waals surface area (Å²) in [6.07, 6.45) is 1.56. The standard InChI is InChI=1S/C11H11BrN2O2S2/c1-7-5-9(12)6-13-11(7)14-18(15,16)10-4-3-8(2)17-10/h3-6H,1-2H3,(H,13,14). The number of rotatable bonds is 3. The van der Waals surface area contributed by atoms with Crippen LogP contribution in [0.4, 0.5) is 5.82 Å². The lowest BCUT2D eigenvalue weighted by molar-refractivity contribution is 0.603. The Balaban J connectivity index is 2.33. The molecule has 0 aliphatic carbocycles. The summed E-state index contributed by atoms with van der Waals surface area (Å²) >= 11 is 4.52. The van der Waals surface area contributed by atoms with Crippen molar-refractivity contribution in [1.29, 1.82) is 0 Å². The lowest BCUT2D eigenvalue weighted by Crippen LogP contribution is -2.13. The van der Waals surface area contributed by atoms with Crippen LogP contribution in [0.15, 0.2) is 33.1 Å². The van der Waals surface area contributed by atoms with Gasteiger partial charge in [0.05, 0.1) is 0 Å². The minimum atomic E-state index is -3.54. The Bertz CT molecular complexity index is 680. The third kappa shape index (κ3) is 2.90. The van der Waals surface area contributed by atoms with E-state index in [1.807, 2.05) is 13.0 Å². The Morgan fingerprint density at radius 1 is 1.33 bits per heavy atom. The van der Waals surface area contributed by atoms with E-state index in [1.165, 1.54) is 11.3 Å². The summed E-state index contributed by atoms with van der Waals surface area (Å²) in [5.74, 6) is 0.351. The van der Waals surface area contributed by atoms with E-state index in [4.69, 9.17) is 0 Å². The maximum absolute atomic E-state index is 12.1. The number of pyridine rings is 1. The third-order valence-corrected chi connectivity index (χ3v) is 5.52. The lowest BCUT2D eigenvalue weighted by atomic mass is 10.3. The zero-order chi connectivity index (χ0) is 13.3. The predicted molar refractivity (Wildman–Crippen MR) is 76.5 cm³/mol. The molecule has 18 heavy (non-hydrogen) atoms. The highest BCUT2D eigenvalue weighted by Gasteiger charge is 2.17. The van der Waals surface area contributed by atoms with Crippen molar-refractivity contribution in [3.8, 4) is 0 Å². The highest BCUT2D eigenvalue weighted by Crippen LogP contribution is 2.24. The number of nitrogens with one attached hydrogen (secondary N) is 1. The molecule has 2 heterocycles. The summed E-state index contributed by atoms with van der Waals surface area (Å²) in [7, 11) is -3.54. The van der Waals surface area contributed by atoms with Gasteiger partial charge < -0.3 is 0 Å². The van der Waals surface area contributed by atoms with Gasteiger partial charge in [-0.2, -0.15) is 0 Å². The van der Waals surface area contributed by atoms with Crippen molar-refractivity contribution in [2.45, 2.75) is 18.1 Å². The molecule has 0 unspecified atom stereocenters. The fraction of sp³-hybridized carbons (Fsp3) is 0.182. The molecule has 0 aliphatic rings. The van der Waals surface area contributed by atoms with Crippen molar-refractivity contribution >= 4 is 43.1 Å². The molecule has 7 heteroatoms. The van der Waals surface area contributed by atoms with Crippen LogP contribution in [0.3, 0.4) is 0 Å². The van der Waals surface area contributed by atoms with Crippen molar-refractivity contribution in [3.05, 3.63) is 39.3 Å². The number of hydrogen-bond donors (Lipinski definition) is 1. The molecule has 0 atom stereocenters. The quantitative estimate of drug-likeness (QED) is 0.927. The van der Waals surface area contributed by atoms with Gasteiger partial charge >= 0.3 is 0 Å². The van der Waals surface area contributed by atoms with Crippen LogP contribution in [0, 0.1) is 13.8 Å². The number of aryl methyl sites for hydroxylation is 2. The molecule has 0 amide bonds. The summed E-state index contributed by atoms with van der Waals surface area (Å²) in [5, 5.41) is 0. The molecule has 0 aliphatic heterocycles. The van der Waals surface area contributed by atoms with E-state index in [-0.39, 0.29) is 0 Å². The molecule has 96 valence electrons. The van der Waals surface area contributed by atoms with E-state index >= 15 is 0 Å². The van der Waals surface area contributed by atoms with Gasteiger partial charge in [-0.25, -0.2) is 13.4 Å². The molecule has 0 spiro atoms. The van der Waals surface area contributed by atoms with Crippen LogP contribution in [0.25, 0.3) is 0 Å². The van der Waals surface area contributed by atoms with E-state index in [0.29, 0.717) is 10.0 Å². The predicted octanol–water partition coefficient (Wildman–Crippen LogP) is 3.32. The van der Waals surface area contributed by atoms with Gasteiger partial charge in [-0.05, 0) is 53.5 Å². The van der Waals surface area contributed by atoms with Gasteiger partial charge in [0, 0.05) is 15.5 Å². The van der Waals surface area contributed by atoms with Crippen molar-refractivity contribution in [2.24, 2.45) is 0 Å². The zero-order valence-corrected chi connectivity index (χ0v) is 13.0. The van der Waals surface area contributed by atoms with Gasteiger partial charge in [0.1, 0.15) is 10.0 Å². The van der Waals surface area contributed by atoms with Crippen LogP contribution >= 0.6 is 27.3 Å². The second-order valence-corrected chi connectivity index (χ2v) is 7.90. The second-order valence-electron chi connectivity index (χ2n) is 3.79. The molecule has 2 aromatic heterocycles. The fourth-order valence-corrected chi connectivity index (χ4v) is 4.19. The van der Waals surface area contributed by atoms with E-state index in [1.54, 1.807) is 25.3 Å². The Kier molecular flexibility index (Phi) is 3.74. The summed E-state index contributed by atoms with van der Waals surface area (Å²) in [5.41, 5.74) is 0.765. The average molecular weight is 347 g/mol. The van der Waals surface area contributed by atoms with Gasteiger partial charge in [-0.1, -0.05) is 0 Å². The zero-order valence-electron chi connectivity index (χ0n) is 9.77. The van der Waals surface area contributed by atoms with Gasteiger partial charge in [-0.3, -0.25) is 4.72 Å². The van der Waals surface area contributed by atoms with Gasteiger partial charge in [-0.15, -0.1) is 11.3 Å². The number of nitrogens with zero attached hydrogens (tertiary/aromatic N) is 1. The first kappa shape index (κ1) is 13.5. The van der Waals surface area contributed by atoms with Crippen molar-refractivity contribution in [1.82, 2.24) is 4.98 Å². The minimum absolute atomic E-state index is 0.295. The average Bonchev–Trinajstić information content (AvgIpc) is 2.70. The van der Waals surface area contributed by atoms with Crippen LogP contribution in [0.2, 0.25) is 0 Å². The van der Waals surface area contributed by atoms with Gasteiger partial charge in [0.15, 0.2) is 0 Å². The van der Waals surface area contributed by atoms with Crippen molar-refractivity contribution in [3.63, 3.8) is 0 Å². The molecule has 2 aromatic rings. The molecule has 0 saturated carbocycles. The molecule has 2 rings (SSSR count). The van der Waals surface area contributed by atoms with Crippen LogP contribution < -0.4 is 4.72 Å². The Hall–Kier alpha value is -0.920. The molecule has 0 radical (unpaired) electrons. The first-order valence-electron chi connectivity index (χ1n) is 5.10. The van der Waals surface area contributed by atoms with Crippen LogP contribution in [-0.2, 0) is 10.0 Å². The monoisotopic (exact) mass is 346 g/mol. The highest BCUT2D eigenvalue weighted by atomic mass is 79.9. The molecular formula is C11H11BrN2O2S2. The Morgan fingerprint density at radius 2 is 2.06 bits per heavy atom. The van der Waals surface area contributed by atoms with E-state index in [9.17, 15) is 8.42 Å². The lowest BCUT2D eigenvalue weighted by Gasteiger charge is -2.08. The number of halogens is 1. The van der Waals surface area contributed by atoms with Crippen LogP contribution in [-0.4, -0.2) is 13.4 Å². The summed E-state index contributed by atoms with van der Waals surface area (Å²) in [4.78, 5) is 5.02.